The van der Waals surface area contributed by atoms with Crippen LogP contribution in [-0.2, 0) is 17.8 Å². The number of carbonyl (C=O) groups is 1. The van der Waals surface area contributed by atoms with Gasteiger partial charge in [-0.2, -0.15) is 0 Å². The number of aromatic nitrogens is 3. The number of carbonyl (C=O) groups excluding carboxylic acids is 1. The lowest BCUT2D eigenvalue weighted by Crippen LogP contribution is -2.14. The standard InChI is InChI=1S/C14H17ClN4OS/c1-3-12-17-18-14(19(12)4-2)21-9-13(20)16-11-7-5-10(15)6-8-11/h5-8H,3-4,9H2,1-2H3,(H,16,20). The van der Waals surface area contributed by atoms with Crippen molar-refractivity contribution in [1.82, 2.24) is 14.8 Å². The summed E-state index contributed by atoms with van der Waals surface area (Å²) in [7, 11) is 0. The fourth-order valence-electron chi connectivity index (χ4n) is 1.87. The van der Waals surface area contributed by atoms with E-state index < -0.39 is 0 Å². The molecule has 0 radical (unpaired) electrons. The maximum Gasteiger partial charge on any atom is 0.234 e. The Bertz CT molecular complexity index is 612. The van der Waals surface area contributed by atoms with Crippen molar-refractivity contribution in [2.75, 3.05) is 11.1 Å². The van der Waals surface area contributed by atoms with E-state index in [4.69, 9.17) is 11.6 Å². The van der Waals surface area contributed by atoms with Gasteiger partial charge in [0.25, 0.3) is 0 Å². The minimum atomic E-state index is -0.0778. The molecule has 7 heteroatoms. The summed E-state index contributed by atoms with van der Waals surface area (Å²) in [5.74, 6) is 1.16. The zero-order valence-corrected chi connectivity index (χ0v) is 13.5. The molecule has 1 amide bonds. The van der Waals surface area contributed by atoms with Crippen LogP contribution in [-0.4, -0.2) is 26.4 Å². The van der Waals surface area contributed by atoms with Crippen molar-refractivity contribution >= 4 is 35.0 Å². The summed E-state index contributed by atoms with van der Waals surface area (Å²) in [6.45, 7) is 4.88. The molecular weight excluding hydrogens is 308 g/mol. The lowest BCUT2D eigenvalue weighted by atomic mass is 10.3. The minimum absolute atomic E-state index is 0.0778. The largest absolute Gasteiger partial charge is 0.325 e. The van der Waals surface area contributed by atoms with E-state index in [9.17, 15) is 4.79 Å². The van der Waals surface area contributed by atoms with Gasteiger partial charge in [-0.3, -0.25) is 4.79 Å². The second-order valence-corrected chi connectivity index (χ2v) is 5.72. The Morgan fingerprint density at radius 3 is 2.62 bits per heavy atom. The molecule has 0 aliphatic rings. The van der Waals surface area contributed by atoms with Crippen LogP contribution in [0.15, 0.2) is 29.4 Å². The Labute approximate surface area is 133 Å². The summed E-state index contributed by atoms with van der Waals surface area (Å²) in [4.78, 5) is 11.9. The van der Waals surface area contributed by atoms with Crippen molar-refractivity contribution < 1.29 is 4.79 Å². The SMILES string of the molecule is CCc1nnc(SCC(=O)Nc2ccc(Cl)cc2)n1CC. The molecule has 0 spiro atoms. The molecule has 2 rings (SSSR count). The molecule has 1 aromatic carbocycles. The lowest BCUT2D eigenvalue weighted by molar-refractivity contribution is -0.113. The third kappa shape index (κ3) is 4.22. The van der Waals surface area contributed by atoms with Crippen LogP contribution in [0.5, 0.6) is 0 Å². The van der Waals surface area contributed by atoms with Crippen LogP contribution in [0.25, 0.3) is 0 Å². The molecule has 1 N–H and O–H groups in total. The van der Waals surface area contributed by atoms with Crippen LogP contribution >= 0.6 is 23.4 Å². The molecule has 21 heavy (non-hydrogen) atoms. The molecule has 112 valence electrons. The van der Waals surface area contributed by atoms with E-state index >= 15 is 0 Å². The van der Waals surface area contributed by atoms with Crippen molar-refractivity contribution in [3.05, 3.63) is 35.1 Å². The first-order valence-corrected chi connectivity index (χ1v) is 8.10. The predicted molar refractivity (Wildman–Crippen MR) is 85.9 cm³/mol. The Morgan fingerprint density at radius 2 is 2.00 bits per heavy atom. The van der Waals surface area contributed by atoms with E-state index in [1.54, 1.807) is 24.3 Å². The molecule has 0 saturated carbocycles. The van der Waals surface area contributed by atoms with Crippen molar-refractivity contribution in [1.29, 1.82) is 0 Å². The minimum Gasteiger partial charge on any atom is -0.325 e. The van der Waals surface area contributed by atoms with Crippen LogP contribution < -0.4 is 5.32 Å². The van der Waals surface area contributed by atoms with E-state index in [1.807, 2.05) is 18.4 Å². The number of rotatable bonds is 6. The Balaban J connectivity index is 1.92. The van der Waals surface area contributed by atoms with Gasteiger partial charge in [0.15, 0.2) is 5.16 Å². The second-order valence-electron chi connectivity index (χ2n) is 4.34. The van der Waals surface area contributed by atoms with Gasteiger partial charge in [0.05, 0.1) is 5.75 Å². The molecular formula is C14H17ClN4OS. The van der Waals surface area contributed by atoms with Gasteiger partial charge in [-0.1, -0.05) is 30.3 Å². The van der Waals surface area contributed by atoms with Crippen molar-refractivity contribution in [2.45, 2.75) is 32.0 Å². The number of hydrogen-bond acceptors (Lipinski definition) is 4. The summed E-state index contributed by atoms with van der Waals surface area (Å²) >= 11 is 7.19. The quantitative estimate of drug-likeness (QED) is 0.829. The van der Waals surface area contributed by atoms with Crippen LogP contribution in [0.1, 0.15) is 19.7 Å². The summed E-state index contributed by atoms with van der Waals surface area (Å²) in [5.41, 5.74) is 0.733. The average Bonchev–Trinajstić information content (AvgIpc) is 2.89. The zero-order valence-electron chi connectivity index (χ0n) is 12.0. The Kier molecular flexibility index (Phi) is 5.64. The van der Waals surface area contributed by atoms with Gasteiger partial charge in [-0.25, -0.2) is 0 Å². The topological polar surface area (TPSA) is 59.8 Å². The van der Waals surface area contributed by atoms with Gasteiger partial charge >= 0.3 is 0 Å². The first kappa shape index (κ1) is 15.9. The summed E-state index contributed by atoms with van der Waals surface area (Å²) in [6.07, 6.45) is 0.832. The molecule has 0 saturated heterocycles. The average molecular weight is 325 g/mol. The van der Waals surface area contributed by atoms with Crippen LogP contribution in [0, 0.1) is 0 Å². The normalized spacial score (nSPS) is 10.6. The number of aryl methyl sites for hydroxylation is 1. The number of amides is 1. The smallest absolute Gasteiger partial charge is 0.234 e. The van der Waals surface area contributed by atoms with Crippen molar-refractivity contribution in [3.63, 3.8) is 0 Å². The number of nitrogens with zero attached hydrogens (tertiary/aromatic N) is 3. The second kappa shape index (κ2) is 7.47. The Morgan fingerprint density at radius 1 is 1.29 bits per heavy atom. The van der Waals surface area contributed by atoms with Gasteiger partial charge in [-0.15, -0.1) is 10.2 Å². The van der Waals surface area contributed by atoms with Crippen molar-refractivity contribution in [2.24, 2.45) is 0 Å². The van der Waals surface area contributed by atoms with E-state index in [0.717, 1.165) is 29.6 Å². The molecule has 1 aromatic heterocycles. The van der Waals surface area contributed by atoms with Gasteiger partial charge in [0.1, 0.15) is 5.82 Å². The van der Waals surface area contributed by atoms with Gasteiger partial charge in [-0.05, 0) is 31.2 Å². The third-order valence-electron chi connectivity index (χ3n) is 2.89. The van der Waals surface area contributed by atoms with E-state index in [2.05, 4.69) is 15.5 Å². The Hall–Kier alpha value is -1.53. The molecule has 5 nitrogen and oxygen atoms in total. The summed E-state index contributed by atoms with van der Waals surface area (Å²) in [5, 5.41) is 12.5. The molecule has 0 aliphatic carbocycles. The first-order chi connectivity index (χ1) is 10.1. The highest BCUT2D eigenvalue weighted by molar-refractivity contribution is 7.99. The van der Waals surface area contributed by atoms with E-state index in [0.29, 0.717) is 10.8 Å². The highest BCUT2D eigenvalue weighted by Gasteiger charge is 2.11. The molecule has 1 heterocycles. The number of hydrogen-bond donors (Lipinski definition) is 1. The highest BCUT2D eigenvalue weighted by Crippen LogP contribution is 2.18. The molecule has 0 bridgehead atoms. The number of benzene rings is 1. The number of anilines is 1. The maximum absolute atomic E-state index is 11.9. The molecule has 0 aliphatic heterocycles. The molecule has 2 aromatic rings. The lowest BCUT2D eigenvalue weighted by Gasteiger charge is -2.07. The number of nitrogens with one attached hydrogen (secondary N) is 1. The van der Waals surface area contributed by atoms with Gasteiger partial charge in [0.2, 0.25) is 5.91 Å². The molecule has 0 unspecified atom stereocenters. The van der Waals surface area contributed by atoms with E-state index in [1.165, 1.54) is 11.8 Å². The van der Waals surface area contributed by atoms with Gasteiger partial charge < -0.3 is 9.88 Å². The predicted octanol–water partition coefficient (Wildman–Crippen LogP) is 3.24. The zero-order chi connectivity index (χ0) is 15.2. The van der Waals surface area contributed by atoms with E-state index in [-0.39, 0.29) is 5.91 Å². The summed E-state index contributed by atoms with van der Waals surface area (Å²) in [6, 6.07) is 7.03. The van der Waals surface area contributed by atoms with Crippen LogP contribution in [0.2, 0.25) is 5.02 Å². The first-order valence-electron chi connectivity index (χ1n) is 6.74. The maximum atomic E-state index is 11.9. The fourth-order valence-corrected chi connectivity index (χ4v) is 2.81. The van der Waals surface area contributed by atoms with Crippen LogP contribution in [0.4, 0.5) is 5.69 Å². The molecule has 0 atom stereocenters. The van der Waals surface area contributed by atoms with Crippen LogP contribution in [0.3, 0.4) is 0 Å². The number of halogens is 1. The highest BCUT2D eigenvalue weighted by atomic mass is 35.5. The fraction of sp³-hybridized carbons (Fsp3) is 0.357. The molecule has 0 fully saturated rings. The van der Waals surface area contributed by atoms with Gasteiger partial charge in [0, 0.05) is 23.7 Å². The monoisotopic (exact) mass is 324 g/mol. The third-order valence-corrected chi connectivity index (χ3v) is 4.10. The van der Waals surface area contributed by atoms with Crippen molar-refractivity contribution in [3.8, 4) is 0 Å². The number of thioether (sulfide) groups is 1. The summed E-state index contributed by atoms with van der Waals surface area (Å²) < 4.78 is 2.03.